The summed E-state index contributed by atoms with van der Waals surface area (Å²) >= 11 is 0. The number of nitrogens with one attached hydrogen (secondary N) is 2. The maximum atomic E-state index is 13.6. The number of aliphatic hydroxyl groups is 1. The van der Waals surface area contributed by atoms with Crippen LogP contribution in [0, 0.1) is 0 Å². The van der Waals surface area contributed by atoms with Gasteiger partial charge >= 0.3 is 0 Å². The summed E-state index contributed by atoms with van der Waals surface area (Å²) in [5.41, 5.74) is 4.34. The van der Waals surface area contributed by atoms with Gasteiger partial charge in [-0.2, -0.15) is 0 Å². The monoisotopic (exact) mass is 478 g/mol. The van der Waals surface area contributed by atoms with Gasteiger partial charge in [0.15, 0.2) is 11.5 Å². The molecule has 36 heavy (non-hydrogen) atoms. The Hall–Kier alpha value is -4.29. The fourth-order valence-electron chi connectivity index (χ4n) is 4.95. The number of aromatic nitrogens is 1. The van der Waals surface area contributed by atoms with Crippen LogP contribution >= 0.6 is 0 Å². The second-order valence-electron chi connectivity index (χ2n) is 8.99. The second-order valence-corrected chi connectivity index (χ2v) is 8.99. The fourth-order valence-corrected chi connectivity index (χ4v) is 4.95. The molecule has 1 aliphatic heterocycles. The summed E-state index contributed by atoms with van der Waals surface area (Å²) < 4.78 is 11.8. The van der Waals surface area contributed by atoms with Crippen molar-refractivity contribution in [2.24, 2.45) is 0 Å². The summed E-state index contributed by atoms with van der Waals surface area (Å²) in [6.45, 7) is 0.611. The highest BCUT2D eigenvalue weighted by molar-refractivity contribution is 6.02. The van der Waals surface area contributed by atoms with Crippen LogP contribution in [0.3, 0.4) is 0 Å². The molecule has 2 heterocycles. The van der Waals surface area contributed by atoms with Gasteiger partial charge in [-0.05, 0) is 52.1 Å². The molecule has 1 aliphatic rings. The van der Waals surface area contributed by atoms with E-state index in [4.69, 9.17) is 9.47 Å². The van der Waals surface area contributed by atoms with E-state index in [9.17, 15) is 9.90 Å². The minimum absolute atomic E-state index is 0.187. The molecule has 0 spiro atoms. The molecular formula is C30H26N2O4. The fraction of sp³-hybridized carbons (Fsp3) is 0.167. The number of H-pyrrole nitrogens is 1. The van der Waals surface area contributed by atoms with E-state index in [0.29, 0.717) is 36.7 Å². The topological polar surface area (TPSA) is 83.6 Å². The summed E-state index contributed by atoms with van der Waals surface area (Å²) in [7, 11) is 0. The lowest BCUT2D eigenvalue weighted by molar-refractivity contribution is 0.0906. The summed E-state index contributed by atoms with van der Waals surface area (Å²) in [5, 5.41) is 16.4. The standard InChI is InChI=1S/C30H26N2O4/c33-18-22(14-21-17-31-27-11-4-3-9-25(21)27)32-30(34)26-15-20(16-28-29(26)36-13-12-35-28)24-10-5-7-19-6-1-2-8-23(19)24/h1-11,15-17,22,31,33H,12-14,18H2,(H,32,34)/t22-/m1/s1. The highest BCUT2D eigenvalue weighted by Gasteiger charge is 2.25. The Labute approximate surface area is 208 Å². The van der Waals surface area contributed by atoms with Gasteiger partial charge in [-0.15, -0.1) is 0 Å². The first-order chi connectivity index (χ1) is 17.7. The van der Waals surface area contributed by atoms with Gasteiger partial charge in [-0.25, -0.2) is 0 Å². The number of aliphatic hydroxyl groups excluding tert-OH is 1. The van der Waals surface area contributed by atoms with E-state index in [2.05, 4.69) is 28.5 Å². The maximum absolute atomic E-state index is 13.6. The van der Waals surface area contributed by atoms with Crippen LogP contribution < -0.4 is 14.8 Å². The molecule has 1 aromatic heterocycles. The van der Waals surface area contributed by atoms with Crippen molar-refractivity contribution in [1.29, 1.82) is 0 Å². The van der Waals surface area contributed by atoms with Crippen LogP contribution in [0.25, 0.3) is 32.8 Å². The van der Waals surface area contributed by atoms with Crippen molar-refractivity contribution in [2.75, 3.05) is 19.8 Å². The number of amides is 1. The lowest BCUT2D eigenvalue weighted by atomic mass is 9.95. The average molecular weight is 479 g/mol. The number of para-hydroxylation sites is 1. The predicted molar refractivity (Wildman–Crippen MR) is 141 cm³/mol. The molecule has 1 atom stereocenters. The molecule has 0 aliphatic carbocycles. The predicted octanol–water partition coefficient (Wildman–Crippen LogP) is 5.09. The number of benzene rings is 4. The minimum atomic E-state index is -0.460. The van der Waals surface area contributed by atoms with E-state index in [0.717, 1.165) is 38.4 Å². The molecule has 0 saturated carbocycles. The third kappa shape index (κ3) is 4.06. The molecule has 180 valence electrons. The van der Waals surface area contributed by atoms with Gasteiger partial charge in [-0.3, -0.25) is 4.79 Å². The molecule has 4 aromatic carbocycles. The van der Waals surface area contributed by atoms with Crippen molar-refractivity contribution in [2.45, 2.75) is 12.5 Å². The van der Waals surface area contributed by atoms with Crippen molar-refractivity contribution >= 4 is 27.6 Å². The van der Waals surface area contributed by atoms with E-state index in [-0.39, 0.29) is 12.5 Å². The molecule has 0 fully saturated rings. The van der Waals surface area contributed by atoms with E-state index in [1.165, 1.54) is 0 Å². The van der Waals surface area contributed by atoms with Gasteiger partial charge < -0.3 is 24.9 Å². The second kappa shape index (κ2) is 9.40. The number of hydrogen-bond acceptors (Lipinski definition) is 4. The zero-order valence-corrected chi connectivity index (χ0v) is 19.7. The van der Waals surface area contributed by atoms with Crippen LogP contribution in [-0.4, -0.2) is 41.9 Å². The molecule has 5 aromatic rings. The summed E-state index contributed by atoms with van der Waals surface area (Å²) in [6.07, 6.45) is 2.42. The van der Waals surface area contributed by atoms with Crippen molar-refractivity contribution in [3.05, 3.63) is 96.2 Å². The number of hydrogen-bond donors (Lipinski definition) is 3. The van der Waals surface area contributed by atoms with Crippen molar-refractivity contribution in [3.8, 4) is 22.6 Å². The number of ether oxygens (including phenoxy) is 2. The highest BCUT2D eigenvalue weighted by Crippen LogP contribution is 2.40. The van der Waals surface area contributed by atoms with Crippen molar-refractivity contribution in [1.82, 2.24) is 10.3 Å². The SMILES string of the molecule is O=C(N[C@@H](CO)Cc1c[nH]c2ccccc12)c1cc(-c2cccc3ccccc23)cc2c1OCCO2. The first-order valence-corrected chi connectivity index (χ1v) is 12.1. The van der Waals surface area contributed by atoms with Crippen LogP contribution in [0.5, 0.6) is 11.5 Å². The smallest absolute Gasteiger partial charge is 0.255 e. The normalized spacial score (nSPS) is 13.6. The molecule has 0 bridgehead atoms. The zero-order valence-electron chi connectivity index (χ0n) is 19.7. The molecular weight excluding hydrogens is 452 g/mol. The summed E-state index contributed by atoms with van der Waals surface area (Å²) in [6, 6.07) is 25.6. The zero-order chi connectivity index (χ0) is 24.5. The largest absolute Gasteiger partial charge is 0.486 e. The van der Waals surface area contributed by atoms with Crippen molar-refractivity contribution in [3.63, 3.8) is 0 Å². The van der Waals surface area contributed by atoms with Gasteiger partial charge in [0.2, 0.25) is 0 Å². The Kier molecular flexibility index (Phi) is 5.79. The molecule has 1 amide bonds. The van der Waals surface area contributed by atoms with E-state index in [1.807, 2.05) is 66.9 Å². The van der Waals surface area contributed by atoms with Crippen LogP contribution in [0.15, 0.2) is 85.1 Å². The summed E-state index contributed by atoms with van der Waals surface area (Å²) in [4.78, 5) is 16.8. The number of carbonyl (C=O) groups is 1. The van der Waals surface area contributed by atoms with Gasteiger partial charge in [0, 0.05) is 17.1 Å². The molecule has 0 radical (unpaired) electrons. The number of fused-ring (bicyclic) bond motifs is 3. The Balaban J connectivity index is 1.35. The van der Waals surface area contributed by atoms with Gasteiger partial charge in [0.25, 0.3) is 5.91 Å². The Bertz CT molecular complexity index is 1570. The Morgan fingerprint density at radius 3 is 2.61 bits per heavy atom. The first-order valence-electron chi connectivity index (χ1n) is 12.1. The number of carbonyl (C=O) groups excluding carboxylic acids is 1. The van der Waals surface area contributed by atoms with E-state index >= 15 is 0 Å². The minimum Gasteiger partial charge on any atom is -0.486 e. The molecule has 6 nitrogen and oxygen atoms in total. The maximum Gasteiger partial charge on any atom is 0.255 e. The average Bonchev–Trinajstić information content (AvgIpc) is 3.34. The quantitative estimate of drug-likeness (QED) is 0.317. The van der Waals surface area contributed by atoms with Gasteiger partial charge in [0.05, 0.1) is 18.2 Å². The van der Waals surface area contributed by atoms with Crippen LogP contribution in [0.2, 0.25) is 0 Å². The highest BCUT2D eigenvalue weighted by atomic mass is 16.6. The lowest BCUT2D eigenvalue weighted by Gasteiger charge is -2.23. The Morgan fingerprint density at radius 2 is 1.72 bits per heavy atom. The summed E-state index contributed by atoms with van der Waals surface area (Å²) in [5.74, 6) is 0.679. The third-order valence-electron chi connectivity index (χ3n) is 6.68. The molecule has 3 N–H and O–H groups in total. The number of aromatic amines is 1. The molecule has 0 saturated heterocycles. The van der Waals surface area contributed by atoms with Crippen LogP contribution in [0.4, 0.5) is 0 Å². The van der Waals surface area contributed by atoms with Crippen molar-refractivity contribution < 1.29 is 19.4 Å². The van der Waals surface area contributed by atoms with Gasteiger partial charge in [0.1, 0.15) is 13.2 Å². The lowest BCUT2D eigenvalue weighted by Crippen LogP contribution is -2.39. The first kappa shape index (κ1) is 22.2. The van der Waals surface area contributed by atoms with Gasteiger partial charge in [-0.1, -0.05) is 60.7 Å². The number of rotatable bonds is 6. The molecule has 6 heteroatoms. The van der Waals surface area contributed by atoms with Crippen LogP contribution in [0.1, 0.15) is 15.9 Å². The van der Waals surface area contributed by atoms with E-state index < -0.39 is 6.04 Å². The van der Waals surface area contributed by atoms with Crippen LogP contribution in [-0.2, 0) is 6.42 Å². The molecule has 6 rings (SSSR count). The third-order valence-corrected chi connectivity index (χ3v) is 6.68. The Morgan fingerprint density at radius 1 is 0.944 bits per heavy atom. The molecule has 0 unspecified atom stereocenters. The van der Waals surface area contributed by atoms with E-state index in [1.54, 1.807) is 0 Å².